The molecular weight excluding hydrogens is 186 g/mol. The van der Waals surface area contributed by atoms with Crippen molar-refractivity contribution in [3.05, 3.63) is 10.6 Å². The van der Waals surface area contributed by atoms with Crippen LogP contribution in [0.1, 0.15) is 20.3 Å². The minimum Gasteiger partial charge on any atom is -0.298 e. The van der Waals surface area contributed by atoms with E-state index in [0.717, 1.165) is 42.9 Å². The highest BCUT2D eigenvalue weighted by atomic mass is 35.5. The first-order chi connectivity index (χ1) is 6.13. The number of rotatable bonds is 3. The van der Waals surface area contributed by atoms with Crippen molar-refractivity contribution in [2.45, 2.75) is 20.3 Å². The van der Waals surface area contributed by atoms with E-state index in [4.69, 9.17) is 11.6 Å². The van der Waals surface area contributed by atoms with Crippen LogP contribution in [-0.4, -0.2) is 30.8 Å². The second kappa shape index (κ2) is 4.77. The fourth-order valence-electron chi connectivity index (χ4n) is 1.60. The molecule has 0 N–H and O–H groups in total. The Labute approximate surface area is 84.6 Å². The van der Waals surface area contributed by atoms with Crippen LogP contribution in [0.15, 0.2) is 10.6 Å². The summed E-state index contributed by atoms with van der Waals surface area (Å²) in [6.07, 6.45) is 1.71. The lowest BCUT2D eigenvalue weighted by molar-refractivity contribution is -0.105. The Morgan fingerprint density at radius 3 is 2.85 bits per heavy atom. The number of hydrogen-bond acceptors (Lipinski definition) is 2. The quantitative estimate of drug-likeness (QED) is 0.652. The van der Waals surface area contributed by atoms with Crippen LogP contribution in [-0.2, 0) is 4.79 Å². The molecule has 3 heteroatoms. The van der Waals surface area contributed by atoms with Gasteiger partial charge in [-0.05, 0) is 12.3 Å². The molecule has 1 heterocycles. The van der Waals surface area contributed by atoms with Crippen molar-refractivity contribution in [1.82, 2.24) is 4.90 Å². The molecule has 0 aromatic rings. The van der Waals surface area contributed by atoms with Gasteiger partial charge in [0, 0.05) is 30.2 Å². The van der Waals surface area contributed by atoms with E-state index in [2.05, 4.69) is 18.7 Å². The molecular formula is C10H16ClNO. The molecule has 0 aromatic heterocycles. The maximum Gasteiger partial charge on any atom is 0.148 e. The minimum atomic E-state index is 0.643. The molecule has 0 atom stereocenters. The molecule has 0 aromatic carbocycles. The molecule has 74 valence electrons. The topological polar surface area (TPSA) is 20.3 Å². The number of carbonyl (C=O) groups excluding carboxylic acids is 1. The molecule has 1 rings (SSSR count). The van der Waals surface area contributed by atoms with Crippen molar-refractivity contribution in [2.24, 2.45) is 5.92 Å². The van der Waals surface area contributed by atoms with Crippen molar-refractivity contribution in [3.63, 3.8) is 0 Å². The van der Waals surface area contributed by atoms with Gasteiger partial charge in [-0.2, -0.15) is 0 Å². The van der Waals surface area contributed by atoms with Gasteiger partial charge in [-0.1, -0.05) is 25.4 Å². The molecule has 0 aliphatic carbocycles. The van der Waals surface area contributed by atoms with Crippen LogP contribution in [0.3, 0.4) is 0 Å². The largest absolute Gasteiger partial charge is 0.298 e. The summed E-state index contributed by atoms with van der Waals surface area (Å²) >= 11 is 5.91. The number of hydrogen-bond donors (Lipinski definition) is 0. The third-order valence-electron chi connectivity index (χ3n) is 2.16. The second-order valence-corrected chi connectivity index (χ2v) is 4.38. The van der Waals surface area contributed by atoms with E-state index in [1.54, 1.807) is 0 Å². The Bertz CT molecular complexity index is 223. The molecule has 0 amide bonds. The van der Waals surface area contributed by atoms with Crippen LogP contribution in [0, 0.1) is 5.92 Å². The third kappa shape index (κ3) is 3.12. The Morgan fingerprint density at radius 1 is 1.62 bits per heavy atom. The molecule has 1 aliphatic heterocycles. The lowest BCUT2D eigenvalue weighted by atomic mass is 10.1. The highest BCUT2D eigenvalue weighted by molar-refractivity contribution is 6.31. The lowest BCUT2D eigenvalue weighted by Gasteiger charge is -2.28. The normalized spacial score (nSPS) is 19.7. The highest BCUT2D eigenvalue weighted by Gasteiger charge is 2.17. The van der Waals surface area contributed by atoms with E-state index in [0.29, 0.717) is 5.92 Å². The Balaban J connectivity index is 2.54. The summed E-state index contributed by atoms with van der Waals surface area (Å²) in [4.78, 5) is 12.9. The van der Waals surface area contributed by atoms with Crippen molar-refractivity contribution in [2.75, 3.05) is 19.6 Å². The van der Waals surface area contributed by atoms with Crippen molar-refractivity contribution in [3.8, 4) is 0 Å². The summed E-state index contributed by atoms with van der Waals surface area (Å²) in [5, 5.41) is 0.745. The Hall–Kier alpha value is -0.340. The Morgan fingerprint density at radius 2 is 2.31 bits per heavy atom. The van der Waals surface area contributed by atoms with Crippen molar-refractivity contribution < 1.29 is 4.79 Å². The number of halogens is 1. The van der Waals surface area contributed by atoms with E-state index in [1.807, 2.05) is 0 Å². The summed E-state index contributed by atoms with van der Waals surface area (Å²) in [7, 11) is 0. The number of carbonyl (C=O) groups is 1. The molecule has 0 unspecified atom stereocenters. The van der Waals surface area contributed by atoms with Crippen LogP contribution in [0.25, 0.3) is 0 Å². The van der Waals surface area contributed by atoms with E-state index in [-0.39, 0.29) is 0 Å². The summed E-state index contributed by atoms with van der Waals surface area (Å²) in [5.41, 5.74) is 0.758. The average molecular weight is 202 g/mol. The minimum absolute atomic E-state index is 0.643. The first-order valence-corrected chi connectivity index (χ1v) is 5.06. The van der Waals surface area contributed by atoms with Crippen LogP contribution in [0.2, 0.25) is 0 Å². The van der Waals surface area contributed by atoms with Crippen LogP contribution >= 0.6 is 11.6 Å². The fourth-order valence-corrected chi connectivity index (χ4v) is 1.78. The highest BCUT2D eigenvalue weighted by Crippen LogP contribution is 2.20. The van der Waals surface area contributed by atoms with Crippen LogP contribution in [0.5, 0.6) is 0 Å². The van der Waals surface area contributed by atoms with E-state index >= 15 is 0 Å². The summed E-state index contributed by atoms with van der Waals surface area (Å²) in [6, 6.07) is 0. The molecule has 0 radical (unpaired) electrons. The molecule has 1 aliphatic rings. The van der Waals surface area contributed by atoms with Crippen molar-refractivity contribution in [1.29, 1.82) is 0 Å². The zero-order valence-corrected chi connectivity index (χ0v) is 8.97. The van der Waals surface area contributed by atoms with E-state index in [1.165, 1.54) is 0 Å². The maximum absolute atomic E-state index is 10.6. The molecule has 0 saturated heterocycles. The van der Waals surface area contributed by atoms with Gasteiger partial charge in [-0.15, -0.1) is 0 Å². The van der Waals surface area contributed by atoms with Gasteiger partial charge < -0.3 is 0 Å². The van der Waals surface area contributed by atoms with Gasteiger partial charge >= 0.3 is 0 Å². The van der Waals surface area contributed by atoms with Crippen LogP contribution in [0.4, 0.5) is 0 Å². The van der Waals surface area contributed by atoms with Gasteiger partial charge in [-0.25, -0.2) is 0 Å². The van der Waals surface area contributed by atoms with Gasteiger partial charge in [0.2, 0.25) is 0 Å². The molecule has 0 bridgehead atoms. The molecule has 0 saturated carbocycles. The van der Waals surface area contributed by atoms with Gasteiger partial charge in [0.1, 0.15) is 6.29 Å². The van der Waals surface area contributed by atoms with Crippen LogP contribution < -0.4 is 0 Å². The zero-order chi connectivity index (χ0) is 9.84. The van der Waals surface area contributed by atoms with Crippen molar-refractivity contribution >= 4 is 17.9 Å². The lowest BCUT2D eigenvalue weighted by Crippen LogP contribution is -2.34. The summed E-state index contributed by atoms with van der Waals surface area (Å²) < 4.78 is 0. The SMILES string of the molecule is CC(C)CN1CCC(Cl)=C(C=O)C1. The first kappa shape index (κ1) is 10.7. The summed E-state index contributed by atoms with van der Waals surface area (Å²) in [5.74, 6) is 0.643. The first-order valence-electron chi connectivity index (χ1n) is 4.68. The Kier molecular flexibility index (Phi) is 3.94. The molecule has 13 heavy (non-hydrogen) atoms. The predicted molar refractivity (Wildman–Crippen MR) is 54.8 cm³/mol. The zero-order valence-electron chi connectivity index (χ0n) is 8.22. The molecule has 0 spiro atoms. The molecule has 2 nitrogen and oxygen atoms in total. The predicted octanol–water partition coefficient (Wildman–Crippen LogP) is 2.04. The monoisotopic (exact) mass is 201 g/mol. The number of nitrogens with zero attached hydrogens (tertiary/aromatic N) is 1. The summed E-state index contributed by atoms with van der Waals surface area (Å²) in [6.45, 7) is 7.11. The van der Waals surface area contributed by atoms with Gasteiger partial charge in [0.25, 0.3) is 0 Å². The van der Waals surface area contributed by atoms with E-state index in [9.17, 15) is 4.79 Å². The standard InChI is InChI=1S/C10H16ClNO/c1-8(2)5-12-4-3-10(11)9(6-12)7-13/h7-8H,3-6H2,1-2H3. The van der Waals surface area contributed by atoms with Gasteiger partial charge in [0.15, 0.2) is 0 Å². The van der Waals surface area contributed by atoms with Gasteiger partial charge in [0.05, 0.1) is 0 Å². The number of aldehydes is 1. The third-order valence-corrected chi connectivity index (χ3v) is 2.59. The average Bonchev–Trinajstić information content (AvgIpc) is 2.07. The fraction of sp³-hybridized carbons (Fsp3) is 0.700. The smallest absolute Gasteiger partial charge is 0.148 e. The van der Waals surface area contributed by atoms with Gasteiger partial charge in [-0.3, -0.25) is 9.69 Å². The van der Waals surface area contributed by atoms with E-state index < -0.39 is 0 Å². The molecule has 0 fully saturated rings. The second-order valence-electron chi connectivity index (χ2n) is 3.93. The maximum atomic E-state index is 10.6.